The second-order valence-corrected chi connectivity index (χ2v) is 6.31. The van der Waals surface area contributed by atoms with Crippen molar-refractivity contribution in [3.63, 3.8) is 0 Å². The normalized spacial score (nSPS) is 17.4. The summed E-state index contributed by atoms with van der Waals surface area (Å²) in [5, 5.41) is 7.53. The molecule has 0 spiro atoms. The van der Waals surface area contributed by atoms with Crippen LogP contribution in [0.1, 0.15) is 62.1 Å². The molecule has 0 bridgehead atoms. The van der Waals surface area contributed by atoms with Gasteiger partial charge in [0.2, 0.25) is 0 Å². The highest BCUT2D eigenvalue weighted by atomic mass is 15.2. The molecule has 0 amide bonds. The van der Waals surface area contributed by atoms with Crippen molar-refractivity contribution in [2.24, 2.45) is 0 Å². The van der Waals surface area contributed by atoms with Crippen molar-refractivity contribution < 1.29 is 0 Å². The van der Waals surface area contributed by atoms with Gasteiger partial charge in [-0.1, -0.05) is 61.9 Å². The number of nitrogens with zero attached hydrogens (tertiary/aromatic N) is 1. The Balaban J connectivity index is 1.93. The molecule has 1 saturated carbocycles. The van der Waals surface area contributed by atoms with Gasteiger partial charge < -0.3 is 5.73 Å². The highest BCUT2D eigenvalue weighted by Gasteiger charge is 2.21. The molecule has 0 atom stereocenters. The molecule has 21 heavy (non-hydrogen) atoms. The summed E-state index contributed by atoms with van der Waals surface area (Å²) < 4.78 is 0. The molecule has 112 valence electrons. The summed E-state index contributed by atoms with van der Waals surface area (Å²) >= 11 is 0. The standard InChI is InChI=1S/C18H25N3/c1-13-9-11-14(12-10-13)16-17(20-21-18(16)19)15-7-5-3-2-4-6-8-15/h9-12,15H,2-8H2,1H3,(H3,19,20,21). The van der Waals surface area contributed by atoms with Crippen molar-refractivity contribution in [3.05, 3.63) is 35.5 Å². The molecule has 0 radical (unpaired) electrons. The summed E-state index contributed by atoms with van der Waals surface area (Å²) in [4.78, 5) is 0. The maximum atomic E-state index is 6.15. The molecule has 1 aliphatic rings. The van der Waals surface area contributed by atoms with Gasteiger partial charge in [-0.15, -0.1) is 0 Å². The van der Waals surface area contributed by atoms with Crippen molar-refractivity contribution in [1.82, 2.24) is 10.2 Å². The third-order valence-corrected chi connectivity index (χ3v) is 4.68. The van der Waals surface area contributed by atoms with Crippen molar-refractivity contribution in [1.29, 1.82) is 0 Å². The van der Waals surface area contributed by atoms with E-state index in [1.165, 1.54) is 61.8 Å². The molecule has 3 rings (SSSR count). The van der Waals surface area contributed by atoms with Crippen LogP contribution in [-0.2, 0) is 0 Å². The fourth-order valence-electron chi connectivity index (χ4n) is 3.43. The number of benzene rings is 1. The molecule has 3 N–H and O–H groups in total. The third-order valence-electron chi connectivity index (χ3n) is 4.68. The zero-order valence-corrected chi connectivity index (χ0v) is 12.9. The quantitative estimate of drug-likeness (QED) is 0.832. The lowest BCUT2D eigenvalue weighted by Gasteiger charge is -2.20. The fraction of sp³-hybridized carbons (Fsp3) is 0.500. The minimum absolute atomic E-state index is 0.575. The van der Waals surface area contributed by atoms with Crippen molar-refractivity contribution in [3.8, 4) is 11.1 Å². The Morgan fingerprint density at radius 3 is 2.29 bits per heavy atom. The number of aromatic nitrogens is 2. The van der Waals surface area contributed by atoms with Gasteiger partial charge in [-0.2, -0.15) is 5.10 Å². The topological polar surface area (TPSA) is 54.7 Å². The van der Waals surface area contributed by atoms with Gasteiger partial charge >= 0.3 is 0 Å². The van der Waals surface area contributed by atoms with Gasteiger partial charge in [0.15, 0.2) is 5.82 Å². The van der Waals surface area contributed by atoms with E-state index < -0.39 is 0 Å². The van der Waals surface area contributed by atoms with Gasteiger partial charge in [0.05, 0.1) is 0 Å². The Morgan fingerprint density at radius 2 is 1.62 bits per heavy atom. The van der Waals surface area contributed by atoms with Gasteiger partial charge in [0.25, 0.3) is 0 Å². The van der Waals surface area contributed by atoms with Gasteiger partial charge in [0, 0.05) is 17.2 Å². The number of nitrogen functional groups attached to an aromatic ring is 1. The second-order valence-electron chi connectivity index (χ2n) is 6.31. The number of hydrogen-bond acceptors (Lipinski definition) is 2. The molecule has 1 heterocycles. The van der Waals surface area contributed by atoms with Crippen LogP contribution in [0.4, 0.5) is 5.82 Å². The maximum absolute atomic E-state index is 6.15. The predicted octanol–water partition coefficient (Wildman–Crippen LogP) is 4.80. The summed E-state index contributed by atoms with van der Waals surface area (Å²) in [6.07, 6.45) is 9.25. The van der Waals surface area contributed by atoms with E-state index in [4.69, 9.17) is 5.73 Å². The van der Waals surface area contributed by atoms with Crippen LogP contribution in [0.2, 0.25) is 0 Å². The Bertz CT molecular complexity index is 575. The zero-order chi connectivity index (χ0) is 14.7. The Hall–Kier alpha value is -1.77. The number of H-pyrrole nitrogens is 1. The largest absolute Gasteiger partial charge is 0.382 e. The number of rotatable bonds is 2. The lowest BCUT2D eigenvalue weighted by molar-refractivity contribution is 0.449. The van der Waals surface area contributed by atoms with Crippen LogP contribution in [0.25, 0.3) is 11.1 Å². The molecule has 2 aromatic rings. The van der Waals surface area contributed by atoms with E-state index in [9.17, 15) is 0 Å². The van der Waals surface area contributed by atoms with Gasteiger partial charge in [-0.25, -0.2) is 0 Å². The molecule has 0 saturated heterocycles. The van der Waals surface area contributed by atoms with Crippen LogP contribution >= 0.6 is 0 Å². The first-order chi connectivity index (χ1) is 10.3. The first kappa shape index (κ1) is 14.2. The van der Waals surface area contributed by atoms with Gasteiger partial charge in [-0.05, 0) is 25.3 Å². The Labute approximate surface area is 127 Å². The highest BCUT2D eigenvalue weighted by molar-refractivity contribution is 5.76. The van der Waals surface area contributed by atoms with Crippen LogP contribution < -0.4 is 5.73 Å². The van der Waals surface area contributed by atoms with E-state index in [1.807, 2.05) is 0 Å². The highest BCUT2D eigenvalue weighted by Crippen LogP contribution is 2.38. The van der Waals surface area contributed by atoms with Crippen LogP contribution in [0, 0.1) is 6.92 Å². The monoisotopic (exact) mass is 283 g/mol. The number of nitrogens with two attached hydrogens (primary N) is 1. The van der Waals surface area contributed by atoms with Crippen molar-refractivity contribution in [2.45, 2.75) is 57.8 Å². The summed E-state index contributed by atoms with van der Waals surface area (Å²) in [5.74, 6) is 1.21. The summed E-state index contributed by atoms with van der Waals surface area (Å²) in [6.45, 7) is 2.11. The maximum Gasteiger partial charge on any atom is 0.153 e. The number of anilines is 1. The van der Waals surface area contributed by atoms with Gasteiger partial charge in [0.1, 0.15) is 0 Å². The predicted molar refractivity (Wildman–Crippen MR) is 88.2 cm³/mol. The molecular weight excluding hydrogens is 258 g/mol. The van der Waals surface area contributed by atoms with E-state index in [2.05, 4.69) is 41.4 Å². The number of nitrogens with one attached hydrogen (secondary N) is 1. The molecule has 3 heteroatoms. The first-order valence-corrected chi connectivity index (χ1v) is 8.16. The smallest absolute Gasteiger partial charge is 0.153 e. The van der Waals surface area contributed by atoms with E-state index in [1.54, 1.807) is 0 Å². The molecule has 0 aliphatic heterocycles. The number of aromatic amines is 1. The second kappa shape index (κ2) is 6.33. The molecule has 1 fully saturated rings. The third kappa shape index (κ3) is 3.12. The van der Waals surface area contributed by atoms with Crippen molar-refractivity contribution in [2.75, 3.05) is 5.73 Å². The fourth-order valence-corrected chi connectivity index (χ4v) is 3.43. The Morgan fingerprint density at radius 1 is 1.00 bits per heavy atom. The van der Waals surface area contributed by atoms with Gasteiger partial charge in [-0.3, -0.25) is 5.10 Å². The van der Waals surface area contributed by atoms with Crippen LogP contribution in [-0.4, -0.2) is 10.2 Å². The zero-order valence-electron chi connectivity index (χ0n) is 12.9. The van der Waals surface area contributed by atoms with Crippen LogP contribution in [0.15, 0.2) is 24.3 Å². The molecule has 1 aliphatic carbocycles. The molecule has 1 aromatic heterocycles. The summed E-state index contributed by atoms with van der Waals surface area (Å²) in [6, 6.07) is 8.60. The molecule has 3 nitrogen and oxygen atoms in total. The van der Waals surface area contributed by atoms with E-state index in [-0.39, 0.29) is 0 Å². The summed E-state index contributed by atoms with van der Waals surface area (Å²) in [7, 11) is 0. The Kier molecular flexibility index (Phi) is 4.28. The van der Waals surface area contributed by atoms with Crippen molar-refractivity contribution >= 4 is 5.82 Å². The SMILES string of the molecule is Cc1ccc(-c2c(N)n[nH]c2C2CCCCCCC2)cc1. The average Bonchev–Trinajstić information content (AvgIpc) is 2.81. The number of aryl methyl sites for hydroxylation is 1. The minimum Gasteiger partial charge on any atom is -0.382 e. The van der Waals surface area contributed by atoms with Crippen LogP contribution in [0.5, 0.6) is 0 Å². The lowest BCUT2D eigenvalue weighted by atomic mass is 9.86. The molecular formula is C18H25N3. The van der Waals surface area contributed by atoms with E-state index in [0.717, 1.165) is 5.56 Å². The minimum atomic E-state index is 0.575. The average molecular weight is 283 g/mol. The summed E-state index contributed by atoms with van der Waals surface area (Å²) in [5.41, 5.74) is 11.0. The number of hydrogen-bond donors (Lipinski definition) is 2. The first-order valence-electron chi connectivity index (χ1n) is 8.16. The molecule has 0 unspecified atom stereocenters. The van der Waals surface area contributed by atoms with E-state index >= 15 is 0 Å². The van der Waals surface area contributed by atoms with E-state index in [0.29, 0.717) is 11.7 Å². The van der Waals surface area contributed by atoms with Crippen LogP contribution in [0.3, 0.4) is 0 Å². The lowest BCUT2D eigenvalue weighted by Crippen LogP contribution is -2.04. The molecule has 1 aromatic carbocycles.